The van der Waals surface area contributed by atoms with E-state index in [1.807, 2.05) is 45.0 Å². The normalized spacial score (nSPS) is 19.9. The molecule has 140 valence electrons. The van der Waals surface area contributed by atoms with Crippen molar-refractivity contribution >= 4 is 5.91 Å². The molecule has 0 radical (unpaired) electrons. The van der Waals surface area contributed by atoms with Crippen molar-refractivity contribution in [3.05, 3.63) is 29.8 Å². The Hall–Kier alpha value is -1.63. The number of methoxy groups -OCH3 is 1. The number of nitrogens with zero attached hydrogens (tertiary/aromatic N) is 2. The second-order valence-electron chi connectivity index (χ2n) is 6.83. The van der Waals surface area contributed by atoms with E-state index in [0.29, 0.717) is 6.54 Å². The third kappa shape index (κ3) is 5.42. The van der Waals surface area contributed by atoms with Crippen LogP contribution in [0, 0.1) is 0 Å². The van der Waals surface area contributed by atoms with Crippen LogP contribution in [0.4, 0.5) is 0 Å². The lowest BCUT2D eigenvalue weighted by Gasteiger charge is -2.38. The Morgan fingerprint density at radius 3 is 2.44 bits per heavy atom. The molecule has 1 heterocycles. The van der Waals surface area contributed by atoms with Crippen molar-refractivity contribution < 1.29 is 14.6 Å². The lowest BCUT2D eigenvalue weighted by atomic mass is 10.1. The average Bonchev–Trinajstić information content (AvgIpc) is 2.61. The number of benzene rings is 1. The van der Waals surface area contributed by atoms with Crippen LogP contribution in [0.3, 0.4) is 0 Å². The van der Waals surface area contributed by atoms with Crippen LogP contribution < -0.4 is 10.1 Å². The van der Waals surface area contributed by atoms with Crippen LogP contribution in [0.5, 0.6) is 5.75 Å². The van der Waals surface area contributed by atoms with Gasteiger partial charge in [0, 0.05) is 38.3 Å². The molecule has 3 unspecified atom stereocenters. The predicted octanol–water partition coefficient (Wildman–Crippen LogP) is 1.26. The van der Waals surface area contributed by atoms with Crippen LogP contribution in [0.25, 0.3) is 0 Å². The van der Waals surface area contributed by atoms with Gasteiger partial charge >= 0.3 is 0 Å². The van der Waals surface area contributed by atoms with E-state index >= 15 is 0 Å². The van der Waals surface area contributed by atoms with Crippen molar-refractivity contribution in [1.29, 1.82) is 0 Å². The molecule has 1 amide bonds. The van der Waals surface area contributed by atoms with Crippen LogP contribution in [-0.2, 0) is 4.79 Å². The highest BCUT2D eigenvalue weighted by atomic mass is 16.5. The highest BCUT2D eigenvalue weighted by molar-refractivity contribution is 5.81. The van der Waals surface area contributed by atoms with Crippen LogP contribution in [0.2, 0.25) is 0 Å². The molecule has 25 heavy (non-hydrogen) atoms. The van der Waals surface area contributed by atoms with Gasteiger partial charge in [0.1, 0.15) is 5.75 Å². The molecule has 1 aliphatic rings. The minimum absolute atomic E-state index is 0.0300. The fourth-order valence-corrected chi connectivity index (χ4v) is 3.31. The van der Waals surface area contributed by atoms with Gasteiger partial charge in [0.05, 0.1) is 25.3 Å². The smallest absolute Gasteiger partial charge is 0.237 e. The molecule has 1 aromatic rings. The van der Waals surface area contributed by atoms with Crippen molar-refractivity contribution in [2.75, 3.05) is 39.8 Å². The molecule has 3 atom stereocenters. The van der Waals surface area contributed by atoms with Crippen LogP contribution >= 0.6 is 0 Å². The first kappa shape index (κ1) is 19.7. The topological polar surface area (TPSA) is 65.0 Å². The lowest BCUT2D eigenvalue weighted by molar-refractivity contribution is -0.127. The number of hydrogen-bond donors (Lipinski definition) is 2. The Balaban J connectivity index is 1.88. The molecule has 0 spiro atoms. The van der Waals surface area contributed by atoms with E-state index in [2.05, 4.69) is 15.1 Å². The SMILES string of the molecule is COc1ccccc1C(C)NC(=O)C(C)N1CCN(CC(C)O)CC1. The number of nitrogens with one attached hydrogen (secondary N) is 1. The van der Waals surface area contributed by atoms with E-state index in [9.17, 15) is 9.90 Å². The summed E-state index contributed by atoms with van der Waals surface area (Å²) in [4.78, 5) is 17.1. The van der Waals surface area contributed by atoms with Crippen LogP contribution in [0.1, 0.15) is 32.4 Å². The number of carbonyl (C=O) groups is 1. The van der Waals surface area contributed by atoms with Gasteiger partial charge in [0.25, 0.3) is 0 Å². The Bertz CT molecular complexity index is 557. The highest BCUT2D eigenvalue weighted by Gasteiger charge is 2.27. The Morgan fingerprint density at radius 1 is 1.20 bits per heavy atom. The zero-order chi connectivity index (χ0) is 18.4. The van der Waals surface area contributed by atoms with E-state index in [4.69, 9.17) is 4.74 Å². The van der Waals surface area contributed by atoms with Crippen LogP contribution in [-0.4, -0.2) is 72.8 Å². The zero-order valence-corrected chi connectivity index (χ0v) is 15.7. The molecular weight excluding hydrogens is 318 g/mol. The Labute approximate surface area is 150 Å². The number of amides is 1. The van der Waals surface area contributed by atoms with Gasteiger partial charge in [-0.05, 0) is 26.8 Å². The summed E-state index contributed by atoms with van der Waals surface area (Å²) in [6.45, 7) is 9.86. The summed E-state index contributed by atoms with van der Waals surface area (Å²) in [6.07, 6.45) is -0.311. The number of rotatable bonds is 7. The fraction of sp³-hybridized carbons (Fsp3) is 0.632. The number of para-hydroxylation sites is 1. The van der Waals surface area contributed by atoms with Gasteiger partial charge in [-0.2, -0.15) is 0 Å². The first-order valence-electron chi connectivity index (χ1n) is 9.00. The standard InChI is InChI=1S/C19H31N3O3/c1-14(23)13-21-9-11-22(12-10-21)16(3)19(24)20-15(2)17-7-5-6-8-18(17)25-4/h5-8,14-16,23H,9-13H2,1-4H3,(H,20,24). The van der Waals surface area contributed by atoms with E-state index in [-0.39, 0.29) is 24.1 Å². The first-order valence-corrected chi connectivity index (χ1v) is 9.00. The van der Waals surface area contributed by atoms with Gasteiger partial charge in [-0.1, -0.05) is 18.2 Å². The number of ether oxygens (including phenoxy) is 1. The maximum Gasteiger partial charge on any atom is 0.237 e. The second-order valence-corrected chi connectivity index (χ2v) is 6.83. The van der Waals surface area contributed by atoms with Gasteiger partial charge < -0.3 is 15.2 Å². The minimum Gasteiger partial charge on any atom is -0.496 e. The number of β-amino-alcohol motifs (C(OH)–C–C–N with tert-alkyl or cyclic N) is 1. The maximum absolute atomic E-state index is 12.6. The summed E-state index contributed by atoms with van der Waals surface area (Å²) in [5, 5.41) is 12.6. The number of hydrogen-bond acceptors (Lipinski definition) is 5. The summed E-state index contributed by atoms with van der Waals surface area (Å²) in [7, 11) is 1.64. The van der Waals surface area contributed by atoms with Gasteiger partial charge in [0.2, 0.25) is 5.91 Å². The van der Waals surface area contributed by atoms with Crippen molar-refractivity contribution in [3.63, 3.8) is 0 Å². The molecule has 6 nitrogen and oxygen atoms in total. The molecule has 0 aromatic heterocycles. The summed E-state index contributed by atoms with van der Waals surface area (Å²) in [5.41, 5.74) is 0.979. The van der Waals surface area contributed by atoms with Gasteiger partial charge in [-0.3, -0.25) is 14.6 Å². The zero-order valence-electron chi connectivity index (χ0n) is 15.7. The first-order chi connectivity index (χ1) is 11.9. The summed E-state index contributed by atoms with van der Waals surface area (Å²) >= 11 is 0. The number of carbonyl (C=O) groups excluding carboxylic acids is 1. The van der Waals surface area contributed by atoms with Gasteiger partial charge in [-0.25, -0.2) is 0 Å². The summed E-state index contributed by atoms with van der Waals surface area (Å²) in [5.74, 6) is 0.817. The number of aliphatic hydroxyl groups is 1. The van der Waals surface area contributed by atoms with Crippen molar-refractivity contribution in [2.45, 2.75) is 39.0 Å². The van der Waals surface area contributed by atoms with Crippen LogP contribution in [0.15, 0.2) is 24.3 Å². The van der Waals surface area contributed by atoms with Crippen molar-refractivity contribution in [1.82, 2.24) is 15.1 Å². The van der Waals surface area contributed by atoms with E-state index in [1.54, 1.807) is 7.11 Å². The molecule has 2 rings (SSSR count). The van der Waals surface area contributed by atoms with E-state index < -0.39 is 0 Å². The van der Waals surface area contributed by atoms with Gasteiger partial charge in [0.15, 0.2) is 0 Å². The Kier molecular flexibility index (Phi) is 7.23. The highest BCUT2D eigenvalue weighted by Crippen LogP contribution is 2.24. The largest absolute Gasteiger partial charge is 0.496 e. The summed E-state index contributed by atoms with van der Waals surface area (Å²) < 4.78 is 5.38. The molecule has 2 N–H and O–H groups in total. The number of aliphatic hydroxyl groups excluding tert-OH is 1. The quantitative estimate of drug-likeness (QED) is 0.776. The molecule has 1 fully saturated rings. The average molecular weight is 349 g/mol. The molecule has 0 saturated carbocycles. The van der Waals surface area contributed by atoms with Crippen molar-refractivity contribution in [3.8, 4) is 5.75 Å². The fourth-order valence-electron chi connectivity index (χ4n) is 3.31. The molecular formula is C19H31N3O3. The van der Waals surface area contributed by atoms with Crippen molar-refractivity contribution in [2.24, 2.45) is 0 Å². The Morgan fingerprint density at radius 2 is 1.84 bits per heavy atom. The monoisotopic (exact) mass is 349 g/mol. The minimum atomic E-state index is -0.311. The predicted molar refractivity (Wildman–Crippen MR) is 98.7 cm³/mol. The molecule has 6 heteroatoms. The summed E-state index contributed by atoms with van der Waals surface area (Å²) in [6, 6.07) is 7.47. The molecule has 1 saturated heterocycles. The molecule has 0 aliphatic carbocycles. The molecule has 0 bridgehead atoms. The maximum atomic E-state index is 12.6. The lowest BCUT2D eigenvalue weighted by Crippen LogP contribution is -2.54. The van der Waals surface area contributed by atoms with Gasteiger partial charge in [-0.15, -0.1) is 0 Å². The number of piperazine rings is 1. The van der Waals surface area contributed by atoms with E-state index in [0.717, 1.165) is 37.5 Å². The third-order valence-corrected chi connectivity index (χ3v) is 4.82. The van der Waals surface area contributed by atoms with E-state index in [1.165, 1.54) is 0 Å². The second kappa shape index (κ2) is 9.17. The molecule has 1 aliphatic heterocycles. The molecule has 1 aromatic carbocycles. The third-order valence-electron chi connectivity index (χ3n) is 4.82.